The molecule has 0 spiro atoms. The van der Waals surface area contributed by atoms with Crippen LogP contribution in [0.5, 0.6) is 0 Å². The van der Waals surface area contributed by atoms with Gasteiger partial charge in [-0.25, -0.2) is 14.4 Å². The first-order valence-electron chi connectivity index (χ1n) is 5.42. The molecule has 9 heteroatoms. The topological polar surface area (TPSA) is 93.0 Å². The number of aromatic nitrogens is 2. The van der Waals surface area contributed by atoms with Crippen molar-refractivity contribution in [3.05, 3.63) is 44.9 Å². The first-order valence-corrected chi connectivity index (χ1v) is 6.21. The normalized spacial score (nSPS) is 10.2. The molecule has 0 unspecified atom stereocenters. The van der Waals surface area contributed by atoms with E-state index in [-0.39, 0.29) is 23.0 Å². The Bertz CT molecular complexity index is 667. The van der Waals surface area contributed by atoms with E-state index in [2.05, 4.69) is 36.5 Å². The van der Waals surface area contributed by atoms with Gasteiger partial charge in [-0.3, -0.25) is 10.1 Å². The van der Waals surface area contributed by atoms with Crippen LogP contribution in [0.15, 0.2) is 29.0 Å². The van der Waals surface area contributed by atoms with Crippen molar-refractivity contribution in [3.63, 3.8) is 0 Å². The Kier molecular flexibility index (Phi) is 4.08. The van der Waals surface area contributed by atoms with E-state index in [4.69, 9.17) is 0 Å². The Hall–Kier alpha value is -2.29. The zero-order valence-electron chi connectivity index (χ0n) is 10.2. The number of nitrogens with zero attached hydrogens (tertiary/aromatic N) is 3. The summed E-state index contributed by atoms with van der Waals surface area (Å²) in [6, 6.07) is 4.21. The molecule has 1 aromatic carbocycles. The fraction of sp³-hybridized carbons (Fsp3) is 0.0909. The largest absolute Gasteiger partial charge is 0.367 e. The minimum atomic E-state index is -0.635. The second kappa shape index (κ2) is 5.78. The lowest BCUT2D eigenvalue weighted by molar-refractivity contribution is -0.383. The van der Waals surface area contributed by atoms with Crippen molar-refractivity contribution in [3.8, 4) is 0 Å². The highest BCUT2D eigenvalue weighted by atomic mass is 79.9. The van der Waals surface area contributed by atoms with Gasteiger partial charge in [0.2, 0.25) is 11.6 Å². The Labute approximate surface area is 121 Å². The molecule has 0 saturated heterocycles. The number of rotatable bonds is 4. The van der Waals surface area contributed by atoms with Crippen LogP contribution in [0, 0.1) is 15.9 Å². The van der Waals surface area contributed by atoms with Gasteiger partial charge >= 0.3 is 5.69 Å². The minimum absolute atomic E-state index is 0.0444. The number of nitrogens with one attached hydrogen (secondary N) is 2. The van der Waals surface area contributed by atoms with Gasteiger partial charge in [-0.1, -0.05) is 15.9 Å². The van der Waals surface area contributed by atoms with Crippen molar-refractivity contribution in [1.82, 2.24) is 9.97 Å². The Morgan fingerprint density at radius 3 is 2.70 bits per heavy atom. The monoisotopic (exact) mass is 341 g/mol. The summed E-state index contributed by atoms with van der Waals surface area (Å²) < 4.78 is 14.3. The average molecular weight is 342 g/mol. The summed E-state index contributed by atoms with van der Waals surface area (Å²) in [7, 11) is 1.50. The van der Waals surface area contributed by atoms with Crippen LogP contribution in [-0.4, -0.2) is 21.9 Å². The van der Waals surface area contributed by atoms with Crippen LogP contribution in [0.3, 0.4) is 0 Å². The lowest BCUT2D eigenvalue weighted by atomic mass is 10.3. The van der Waals surface area contributed by atoms with Crippen LogP contribution >= 0.6 is 15.9 Å². The fourth-order valence-corrected chi connectivity index (χ4v) is 1.91. The Morgan fingerprint density at radius 1 is 1.35 bits per heavy atom. The maximum atomic E-state index is 13.7. The third-order valence-electron chi connectivity index (χ3n) is 2.42. The molecule has 0 amide bonds. The van der Waals surface area contributed by atoms with E-state index in [9.17, 15) is 14.5 Å². The van der Waals surface area contributed by atoms with Crippen LogP contribution in [0.1, 0.15) is 0 Å². The summed E-state index contributed by atoms with van der Waals surface area (Å²) in [6.45, 7) is 0. The number of hydrogen-bond acceptors (Lipinski definition) is 6. The van der Waals surface area contributed by atoms with Crippen molar-refractivity contribution in [2.75, 3.05) is 17.7 Å². The summed E-state index contributed by atoms with van der Waals surface area (Å²) in [6.07, 6.45) is 1.15. The summed E-state index contributed by atoms with van der Waals surface area (Å²) in [5.41, 5.74) is -0.280. The predicted octanol–water partition coefficient (Wildman–Crippen LogP) is 3.07. The smallest absolute Gasteiger partial charge is 0.353 e. The van der Waals surface area contributed by atoms with E-state index in [1.807, 2.05) is 0 Å². The van der Waals surface area contributed by atoms with Crippen LogP contribution < -0.4 is 10.6 Å². The SMILES string of the molecule is CNc1ncnc(Nc2cc(Br)ccc2F)c1[N+](=O)[O-]. The van der Waals surface area contributed by atoms with Crippen molar-refractivity contribution < 1.29 is 9.31 Å². The highest BCUT2D eigenvalue weighted by molar-refractivity contribution is 9.10. The van der Waals surface area contributed by atoms with E-state index < -0.39 is 10.7 Å². The number of benzene rings is 1. The summed E-state index contributed by atoms with van der Waals surface area (Å²) in [4.78, 5) is 18.0. The van der Waals surface area contributed by atoms with Gasteiger partial charge < -0.3 is 10.6 Å². The molecule has 1 aromatic heterocycles. The molecule has 0 atom stereocenters. The maximum Gasteiger partial charge on any atom is 0.353 e. The molecule has 0 bridgehead atoms. The molecular weight excluding hydrogens is 333 g/mol. The van der Waals surface area contributed by atoms with E-state index in [1.54, 1.807) is 0 Å². The van der Waals surface area contributed by atoms with E-state index in [0.29, 0.717) is 4.47 Å². The summed E-state index contributed by atoms with van der Waals surface area (Å²) >= 11 is 3.20. The minimum Gasteiger partial charge on any atom is -0.367 e. The molecule has 0 aliphatic carbocycles. The van der Waals surface area contributed by atoms with Gasteiger partial charge in [0.1, 0.15) is 12.1 Å². The number of nitro groups is 1. The van der Waals surface area contributed by atoms with Crippen molar-refractivity contribution in [2.24, 2.45) is 0 Å². The molecular formula is C11H9BrFN5O2. The number of anilines is 3. The lowest BCUT2D eigenvalue weighted by Crippen LogP contribution is -2.06. The molecule has 2 rings (SSSR count). The third kappa shape index (κ3) is 2.82. The van der Waals surface area contributed by atoms with Gasteiger partial charge in [0.15, 0.2) is 0 Å². The van der Waals surface area contributed by atoms with Gasteiger partial charge in [0.25, 0.3) is 0 Å². The number of hydrogen-bond donors (Lipinski definition) is 2. The van der Waals surface area contributed by atoms with Crippen LogP contribution in [-0.2, 0) is 0 Å². The van der Waals surface area contributed by atoms with E-state index in [0.717, 1.165) is 6.33 Å². The predicted molar refractivity (Wildman–Crippen MR) is 75.6 cm³/mol. The third-order valence-corrected chi connectivity index (χ3v) is 2.92. The zero-order valence-corrected chi connectivity index (χ0v) is 11.8. The molecule has 0 aliphatic rings. The molecule has 1 heterocycles. The molecule has 7 nitrogen and oxygen atoms in total. The standard InChI is InChI=1S/C11H9BrFN5O2/c1-14-10-9(18(19)20)11(16-5-15-10)17-8-4-6(12)2-3-7(8)13/h2-5H,1H3,(H2,14,15,16,17). The molecule has 2 N–H and O–H groups in total. The van der Waals surface area contributed by atoms with Crippen LogP contribution in [0.4, 0.5) is 27.4 Å². The van der Waals surface area contributed by atoms with E-state index in [1.165, 1.54) is 25.2 Å². The first-order chi connectivity index (χ1) is 9.52. The van der Waals surface area contributed by atoms with E-state index >= 15 is 0 Å². The first kappa shape index (κ1) is 14.1. The molecule has 0 saturated carbocycles. The van der Waals surface area contributed by atoms with Gasteiger partial charge in [-0.05, 0) is 18.2 Å². The van der Waals surface area contributed by atoms with Crippen molar-refractivity contribution in [2.45, 2.75) is 0 Å². The highest BCUT2D eigenvalue weighted by Crippen LogP contribution is 2.32. The quantitative estimate of drug-likeness (QED) is 0.655. The zero-order chi connectivity index (χ0) is 14.7. The van der Waals surface area contributed by atoms with Crippen LogP contribution in [0.2, 0.25) is 0 Å². The fourth-order valence-electron chi connectivity index (χ4n) is 1.55. The molecule has 0 radical (unpaired) electrons. The van der Waals surface area contributed by atoms with Crippen molar-refractivity contribution in [1.29, 1.82) is 0 Å². The Morgan fingerprint density at radius 2 is 2.05 bits per heavy atom. The van der Waals surface area contributed by atoms with Crippen molar-refractivity contribution >= 4 is 38.9 Å². The lowest BCUT2D eigenvalue weighted by Gasteiger charge is -2.09. The summed E-state index contributed by atoms with van der Waals surface area (Å²) in [5, 5.41) is 16.3. The van der Waals surface area contributed by atoms with Gasteiger partial charge in [0, 0.05) is 11.5 Å². The maximum absolute atomic E-state index is 13.7. The average Bonchev–Trinajstić information content (AvgIpc) is 2.42. The second-order valence-electron chi connectivity index (χ2n) is 3.68. The van der Waals surface area contributed by atoms with Gasteiger partial charge in [0.05, 0.1) is 10.6 Å². The second-order valence-corrected chi connectivity index (χ2v) is 4.59. The molecule has 20 heavy (non-hydrogen) atoms. The molecule has 0 fully saturated rings. The molecule has 104 valence electrons. The summed E-state index contributed by atoms with van der Waals surface area (Å²) in [5.74, 6) is -0.596. The highest BCUT2D eigenvalue weighted by Gasteiger charge is 2.22. The van der Waals surface area contributed by atoms with Crippen LogP contribution in [0.25, 0.3) is 0 Å². The Balaban J connectivity index is 2.48. The molecule has 0 aliphatic heterocycles. The number of halogens is 2. The van der Waals surface area contributed by atoms with Gasteiger partial charge in [-0.2, -0.15) is 0 Å². The van der Waals surface area contributed by atoms with Gasteiger partial charge in [-0.15, -0.1) is 0 Å². The molecule has 2 aromatic rings.